The van der Waals surface area contributed by atoms with Crippen molar-refractivity contribution in [3.63, 3.8) is 0 Å². The molecule has 128 valence electrons. The molecule has 4 heteroatoms. The molecule has 0 aliphatic carbocycles. The van der Waals surface area contributed by atoms with Crippen LogP contribution in [0.5, 0.6) is 23.0 Å². The second kappa shape index (κ2) is 8.87. The van der Waals surface area contributed by atoms with Gasteiger partial charge < -0.3 is 18.9 Å². The molecule has 2 aromatic carbocycles. The third-order valence-corrected chi connectivity index (χ3v) is 3.73. The van der Waals surface area contributed by atoms with Crippen LogP contribution in [0.2, 0.25) is 0 Å². The summed E-state index contributed by atoms with van der Waals surface area (Å²) in [5, 5.41) is 0. The van der Waals surface area contributed by atoms with Crippen molar-refractivity contribution in [1.82, 2.24) is 0 Å². The Hall–Kier alpha value is -2.62. The summed E-state index contributed by atoms with van der Waals surface area (Å²) in [7, 11) is 6.60. The van der Waals surface area contributed by atoms with E-state index < -0.39 is 0 Å². The summed E-state index contributed by atoms with van der Waals surface area (Å²) in [4.78, 5) is 0. The normalized spacial score (nSPS) is 10.7. The summed E-state index contributed by atoms with van der Waals surface area (Å²) in [6.45, 7) is 0. The standard InChI is InChI=1S/C20H24O4/c1-21-17-11-16(12-18(14-17)22-2)8-6-5-7-15-9-10-19(23-3)20(13-15)24-4/h6,8-14H,5,7H2,1-4H3/b8-6+. The van der Waals surface area contributed by atoms with Crippen molar-refractivity contribution >= 4 is 6.08 Å². The van der Waals surface area contributed by atoms with Crippen LogP contribution in [0.25, 0.3) is 6.08 Å². The van der Waals surface area contributed by atoms with E-state index in [1.807, 2.05) is 30.3 Å². The van der Waals surface area contributed by atoms with Gasteiger partial charge in [-0.3, -0.25) is 0 Å². The minimum absolute atomic E-state index is 0.750. The topological polar surface area (TPSA) is 36.9 Å². The van der Waals surface area contributed by atoms with Crippen LogP contribution in [-0.2, 0) is 6.42 Å². The van der Waals surface area contributed by atoms with Gasteiger partial charge in [0.1, 0.15) is 11.5 Å². The predicted molar refractivity (Wildman–Crippen MR) is 96.4 cm³/mol. The van der Waals surface area contributed by atoms with Crippen LogP contribution in [0.15, 0.2) is 42.5 Å². The fourth-order valence-corrected chi connectivity index (χ4v) is 2.43. The van der Waals surface area contributed by atoms with Crippen LogP contribution in [0, 0.1) is 0 Å². The third kappa shape index (κ3) is 4.69. The van der Waals surface area contributed by atoms with Crippen LogP contribution >= 0.6 is 0 Å². The lowest BCUT2D eigenvalue weighted by Crippen LogP contribution is -1.92. The van der Waals surface area contributed by atoms with E-state index in [1.54, 1.807) is 28.4 Å². The highest BCUT2D eigenvalue weighted by Gasteiger charge is 2.04. The van der Waals surface area contributed by atoms with Crippen molar-refractivity contribution in [3.05, 3.63) is 53.6 Å². The maximum Gasteiger partial charge on any atom is 0.160 e. The Morgan fingerprint density at radius 3 is 2.00 bits per heavy atom. The zero-order valence-electron chi connectivity index (χ0n) is 14.7. The van der Waals surface area contributed by atoms with E-state index in [-0.39, 0.29) is 0 Å². The van der Waals surface area contributed by atoms with E-state index in [9.17, 15) is 0 Å². The lowest BCUT2D eigenvalue weighted by atomic mass is 10.1. The molecule has 0 fully saturated rings. The first kappa shape index (κ1) is 17.7. The Morgan fingerprint density at radius 2 is 1.42 bits per heavy atom. The van der Waals surface area contributed by atoms with E-state index >= 15 is 0 Å². The highest BCUT2D eigenvalue weighted by Crippen LogP contribution is 2.28. The van der Waals surface area contributed by atoms with Crippen molar-refractivity contribution in [2.24, 2.45) is 0 Å². The van der Waals surface area contributed by atoms with Crippen LogP contribution in [0.1, 0.15) is 17.5 Å². The van der Waals surface area contributed by atoms with Gasteiger partial charge in [0.05, 0.1) is 28.4 Å². The molecule has 0 amide bonds. The van der Waals surface area contributed by atoms with Gasteiger partial charge in [0.25, 0.3) is 0 Å². The highest BCUT2D eigenvalue weighted by molar-refractivity contribution is 5.55. The maximum absolute atomic E-state index is 5.33. The van der Waals surface area contributed by atoms with Gasteiger partial charge in [-0.1, -0.05) is 18.2 Å². The smallest absolute Gasteiger partial charge is 0.160 e. The van der Waals surface area contributed by atoms with E-state index in [1.165, 1.54) is 5.56 Å². The molecule has 0 heterocycles. The molecule has 0 atom stereocenters. The average Bonchev–Trinajstić information content (AvgIpc) is 2.64. The minimum atomic E-state index is 0.750. The molecule has 0 unspecified atom stereocenters. The Labute approximate surface area is 143 Å². The molecule has 4 nitrogen and oxygen atoms in total. The van der Waals surface area contributed by atoms with Crippen LogP contribution < -0.4 is 18.9 Å². The molecule has 0 aromatic heterocycles. The molecule has 24 heavy (non-hydrogen) atoms. The number of benzene rings is 2. The summed E-state index contributed by atoms with van der Waals surface area (Å²) in [5.74, 6) is 3.08. The number of rotatable bonds is 8. The largest absolute Gasteiger partial charge is 0.497 e. The minimum Gasteiger partial charge on any atom is -0.497 e. The van der Waals surface area contributed by atoms with Crippen molar-refractivity contribution in [1.29, 1.82) is 0 Å². The van der Waals surface area contributed by atoms with Gasteiger partial charge in [-0.25, -0.2) is 0 Å². The van der Waals surface area contributed by atoms with Gasteiger partial charge in [-0.05, 0) is 48.2 Å². The molecule has 2 rings (SSSR count). The van der Waals surface area contributed by atoms with Crippen LogP contribution in [-0.4, -0.2) is 28.4 Å². The number of hydrogen-bond donors (Lipinski definition) is 0. The van der Waals surface area contributed by atoms with Crippen molar-refractivity contribution < 1.29 is 18.9 Å². The molecular formula is C20H24O4. The Balaban J connectivity index is 2.00. The Morgan fingerprint density at radius 1 is 0.750 bits per heavy atom. The second-order valence-electron chi connectivity index (χ2n) is 5.28. The van der Waals surface area contributed by atoms with E-state index in [0.717, 1.165) is 41.4 Å². The molecule has 0 bridgehead atoms. The molecule has 0 saturated carbocycles. The average molecular weight is 328 g/mol. The first-order valence-corrected chi connectivity index (χ1v) is 7.80. The van der Waals surface area contributed by atoms with Gasteiger partial charge in [-0.2, -0.15) is 0 Å². The van der Waals surface area contributed by atoms with Crippen molar-refractivity contribution in [2.75, 3.05) is 28.4 Å². The molecule has 0 spiro atoms. The molecule has 2 aromatic rings. The summed E-state index contributed by atoms with van der Waals surface area (Å²) in [6, 6.07) is 11.8. The molecular weight excluding hydrogens is 304 g/mol. The van der Waals surface area contributed by atoms with Gasteiger partial charge in [0.15, 0.2) is 11.5 Å². The second-order valence-corrected chi connectivity index (χ2v) is 5.28. The lowest BCUT2D eigenvalue weighted by molar-refractivity contribution is 0.354. The molecule has 0 aliphatic rings. The SMILES string of the molecule is COc1cc(/C=C/CCc2ccc(OC)c(OC)c2)cc(OC)c1. The van der Waals surface area contributed by atoms with E-state index in [2.05, 4.69) is 18.2 Å². The van der Waals surface area contributed by atoms with Gasteiger partial charge in [0, 0.05) is 6.07 Å². The quantitative estimate of drug-likeness (QED) is 0.721. The number of hydrogen-bond acceptors (Lipinski definition) is 4. The summed E-state index contributed by atoms with van der Waals surface area (Å²) in [5.41, 5.74) is 2.26. The fraction of sp³-hybridized carbons (Fsp3) is 0.300. The summed E-state index contributed by atoms with van der Waals surface area (Å²) >= 11 is 0. The number of ether oxygens (including phenoxy) is 4. The van der Waals surface area contributed by atoms with Gasteiger partial charge >= 0.3 is 0 Å². The molecule has 0 radical (unpaired) electrons. The van der Waals surface area contributed by atoms with Crippen LogP contribution in [0.4, 0.5) is 0 Å². The maximum atomic E-state index is 5.33. The number of allylic oxidation sites excluding steroid dienone is 1. The van der Waals surface area contributed by atoms with E-state index in [4.69, 9.17) is 18.9 Å². The summed E-state index contributed by atoms with van der Waals surface area (Å²) in [6.07, 6.45) is 6.07. The molecule has 0 N–H and O–H groups in total. The molecule has 0 aliphatic heterocycles. The third-order valence-electron chi connectivity index (χ3n) is 3.73. The van der Waals surface area contributed by atoms with Crippen molar-refractivity contribution in [3.8, 4) is 23.0 Å². The lowest BCUT2D eigenvalue weighted by Gasteiger charge is -2.09. The first-order valence-electron chi connectivity index (χ1n) is 7.80. The molecule has 0 saturated heterocycles. The Bertz CT molecular complexity index is 670. The number of methoxy groups -OCH3 is 4. The highest BCUT2D eigenvalue weighted by atomic mass is 16.5. The fourth-order valence-electron chi connectivity index (χ4n) is 2.43. The monoisotopic (exact) mass is 328 g/mol. The van der Waals surface area contributed by atoms with Gasteiger partial charge in [0.2, 0.25) is 0 Å². The van der Waals surface area contributed by atoms with Crippen LogP contribution in [0.3, 0.4) is 0 Å². The van der Waals surface area contributed by atoms with Gasteiger partial charge in [-0.15, -0.1) is 0 Å². The zero-order chi connectivity index (χ0) is 17.4. The van der Waals surface area contributed by atoms with Crippen molar-refractivity contribution in [2.45, 2.75) is 12.8 Å². The zero-order valence-corrected chi connectivity index (χ0v) is 14.7. The number of aryl methyl sites for hydroxylation is 1. The first-order chi connectivity index (χ1) is 11.7. The summed E-state index contributed by atoms with van der Waals surface area (Å²) < 4.78 is 21.1. The van der Waals surface area contributed by atoms with E-state index in [0.29, 0.717) is 0 Å². The predicted octanol–water partition coefficient (Wildman–Crippen LogP) is 4.37. The Kier molecular flexibility index (Phi) is 6.55.